The first-order valence-corrected chi connectivity index (χ1v) is 7.01. The summed E-state index contributed by atoms with van der Waals surface area (Å²) in [7, 11) is 0. The molecule has 2 heteroatoms. The Morgan fingerprint density at radius 3 is 2.81 bits per heavy atom. The lowest BCUT2D eigenvalue weighted by Gasteiger charge is -2.34. The Labute approximate surface area is 100 Å². The Morgan fingerprint density at radius 1 is 1.38 bits per heavy atom. The van der Waals surface area contributed by atoms with Crippen molar-refractivity contribution in [3.8, 4) is 0 Å². The number of rotatable bonds is 7. The van der Waals surface area contributed by atoms with Gasteiger partial charge in [0.25, 0.3) is 0 Å². The van der Waals surface area contributed by atoms with Gasteiger partial charge in [-0.05, 0) is 31.7 Å². The van der Waals surface area contributed by atoms with Gasteiger partial charge in [0.05, 0.1) is 6.04 Å². The maximum absolute atomic E-state index is 11.0. The van der Waals surface area contributed by atoms with Crippen LogP contribution in [0.1, 0.15) is 58.8 Å². The molecular formula is C14H27NO. The van der Waals surface area contributed by atoms with Crippen LogP contribution in [0.4, 0.5) is 0 Å². The van der Waals surface area contributed by atoms with E-state index in [4.69, 9.17) is 0 Å². The van der Waals surface area contributed by atoms with Gasteiger partial charge in [0.15, 0.2) is 0 Å². The van der Waals surface area contributed by atoms with Gasteiger partial charge in [-0.25, -0.2) is 0 Å². The molecule has 0 spiro atoms. The molecule has 0 aromatic heterocycles. The van der Waals surface area contributed by atoms with Crippen molar-refractivity contribution in [2.75, 3.05) is 13.1 Å². The van der Waals surface area contributed by atoms with Gasteiger partial charge in [0.1, 0.15) is 6.29 Å². The zero-order valence-electron chi connectivity index (χ0n) is 11.0. The maximum atomic E-state index is 11.0. The topological polar surface area (TPSA) is 20.3 Å². The summed E-state index contributed by atoms with van der Waals surface area (Å²) >= 11 is 0. The minimum Gasteiger partial charge on any atom is -0.302 e. The third-order valence-electron chi connectivity index (χ3n) is 3.86. The second-order valence-corrected chi connectivity index (χ2v) is 5.11. The van der Waals surface area contributed by atoms with E-state index in [0.29, 0.717) is 0 Å². The lowest BCUT2D eigenvalue weighted by Crippen LogP contribution is -2.43. The summed E-state index contributed by atoms with van der Waals surface area (Å²) in [5.74, 6) is 0.792. The minimum absolute atomic E-state index is 0.212. The van der Waals surface area contributed by atoms with E-state index in [1.165, 1.54) is 38.5 Å². The number of carbonyl (C=O) groups excluding carboxylic acids is 1. The lowest BCUT2D eigenvalue weighted by molar-refractivity contribution is -0.113. The molecule has 0 saturated carbocycles. The van der Waals surface area contributed by atoms with Gasteiger partial charge < -0.3 is 4.79 Å². The quantitative estimate of drug-likeness (QED) is 0.620. The van der Waals surface area contributed by atoms with E-state index >= 15 is 0 Å². The molecule has 1 aliphatic rings. The van der Waals surface area contributed by atoms with Crippen LogP contribution in [-0.4, -0.2) is 30.3 Å². The van der Waals surface area contributed by atoms with Gasteiger partial charge >= 0.3 is 0 Å². The molecule has 1 saturated heterocycles. The van der Waals surface area contributed by atoms with Crippen LogP contribution < -0.4 is 0 Å². The van der Waals surface area contributed by atoms with E-state index < -0.39 is 0 Å². The van der Waals surface area contributed by atoms with E-state index in [9.17, 15) is 4.79 Å². The highest BCUT2D eigenvalue weighted by atomic mass is 16.1. The Hall–Kier alpha value is -0.370. The number of hydrogen-bond acceptors (Lipinski definition) is 2. The van der Waals surface area contributed by atoms with Gasteiger partial charge in [0, 0.05) is 6.54 Å². The summed E-state index contributed by atoms with van der Waals surface area (Å²) in [6.45, 7) is 6.80. The van der Waals surface area contributed by atoms with Crippen molar-refractivity contribution < 1.29 is 4.79 Å². The van der Waals surface area contributed by atoms with Crippen molar-refractivity contribution in [1.29, 1.82) is 0 Å². The molecule has 0 bridgehead atoms. The predicted octanol–water partition coefficient (Wildman–Crippen LogP) is 3.26. The molecule has 0 amide bonds. The number of hydrogen-bond donors (Lipinski definition) is 0. The van der Waals surface area contributed by atoms with Gasteiger partial charge in [-0.15, -0.1) is 0 Å². The van der Waals surface area contributed by atoms with Crippen LogP contribution in [-0.2, 0) is 4.79 Å². The molecule has 1 aliphatic heterocycles. The summed E-state index contributed by atoms with van der Waals surface area (Å²) in [6.07, 6.45) is 9.93. The molecule has 1 heterocycles. The number of aldehydes is 1. The third-order valence-corrected chi connectivity index (χ3v) is 3.86. The molecule has 0 aliphatic carbocycles. The number of unbranched alkanes of at least 4 members (excludes halogenated alkanes) is 1. The molecule has 1 rings (SSSR count). The highest BCUT2D eigenvalue weighted by Gasteiger charge is 2.23. The van der Waals surface area contributed by atoms with Crippen LogP contribution in [0.5, 0.6) is 0 Å². The monoisotopic (exact) mass is 225 g/mol. The molecule has 16 heavy (non-hydrogen) atoms. The van der Waals surface area contributed by atoms with Crippen molar-refractivity contribution >= 4 is 6.29 Å². The lowest BCUT2D eigenvalue weighted by atomic mass is 9.95. The zero-order chi connectivity index (χ0) is 11.8. The summed E-state index contributed by atoms with van der Waals surface area (Å²) < 4.78 is 0. The van der Waals surface area contributed by atoms with E-state index in [2.05, 4.69) is 18.7 Å². The van der Waals surface area contributed by atoms with Crippen molar-refractivity contribution in [2.45, 2.75) is 64.8 Å². The fraction of sp³-hybridized carbons (Fsp3) is 0.929. The van der Waals surface area contributed by atoms with E-state index in [1.54, 1.807) is 0 Å². The molecule has 94 valence electrons. The Morgan fingerprint density at radius 2 is 2.19 bits per heavy atom. The molecular weight excluding hydrogens is 198 g/mol. The molecule has 0 N–H and O–H groups in total. The van der Waals surface area contributed by atoms with Gasteiger partial charge in [-0.2, -0.15) is 0 Å². The van der Waals surface area contributed by atoms with Crippen molar-refractivity contribution in [3.05, 3.63) is 0 Å². The molecule has 1 fully saturated rings. The highest BCUT2D eigenvalue weighted by Crippen LogP contribution is 2.20. The molecule has 2 nitrogen and oxygen atoms in total. The average Bonchev–Trinajstić information content (AvgIpc) is 2.34. The van der Waals surface area contributed by atoms with E-state index in [1.807, 2.05) is 0 Å². The van der Waals surface area contributed by atoms with Crippen LogP contribution in [0.25, 0.3) is 0 Å². The SMILES string of the molecule is CCCCC(CC)CN1CCCCC1C=O. The van der Waals surface area contributed by atoms with Gasteiger partial charge in [0.2, 0.25) is 0 Å². The van der Waals surface area contributed by atoms with Crippen LogP contribution in [0.15, 0.2) is 0 Å². The Bertz CT molecular complexity index is 193. The Balaban J connectivity index is 2.38. The smallest absolute Gasteiger partial charge is 0.137 e. The predicted molar refractivity (Wildman–Crippen MR) is 68.6 cm³/mol. The average molecular weight is 225 g/mol. The molecule has 0 aromatic rings. The summed E-state index contributed by atoms with van der Waals surface area (Å²) in [4.78, 5) is 13.4. The summed E-state index contributed by atoms with van der Waals surface area (Å²) in [5.41, 5.74) is 0. The van der Waals surface area contributed by atoms with Crippen LogP contribution in [0, 0.1) is 5.92 Å². The van der Waals surface area contributed by atoms with Crippen molar-refractivity contribution in [1.82, 2.24) is 4.90 Å². The van der Waals surface area contributed by atoms with Gasteiger partial charge in [-0.1, -0.05) is 39.5 Å². The normalized spacial score (nSPS) is 24.2. The molecule has 2 atom stereocenters. The second-order valence-electron chi connectivity index (χ2n) is 5.11. The Kier molecular flexibility index (Phi) is 6.70. The molecule has 0 radical (unpaired) electrons. The summed E-state index contributed by atoms with van der Waals surface area (Å²) in [6, 6.07) is 0.212. The highest BCUT2D eigenvalue weighted by molar-refractivity contribution is 5.57. The first-order valence-electron chi connectivity index (χ1n) is 7.01. The van der Waals surface area contributed by atoms with Gasteiger partial charge in [-0.3, -0.25) is 4.90 Å². The molecule has 2 unspecified atom stereocenters. The minimum atomic E-state index is 0.212. The molecule has 0 aromatic carbocycles. The fourth-order valence-electron chi connectivity index (χ4n) is 2.65. The van der Waals surface area contributed by atoms with E-state index in [-0.39, 0.29) is 6.04 Å². The summed E-state index contributed by atoms with van der Waals surface area (Å²) in [5, 5.41) is 0. The first kappa shape index (κ1) is 13.7. The standard InChI is InChI=1S/C14H27NO/c1-3-5-8-13(4-2)11-15-10-7-6-9-14(15)12-16/h12-14H,3-11H2,1-2H3. The number of likely N-dealkylation sites (tertiary alicyclic amines) is 1. The third kappa shape index (κ3) is 4.25. The largest absolute Gasteiger partial charge is 0.302 e. The fourth-order valence-corrected chi connectivity index (χ4v) is 2.65. The zero-order valence-corrected chi connectivity index (χ0v) is 11.0. The second kappa shape index (κ2) is 7.83. The number of carbonyl (C=O) groups is 1. The van der Waals surface area contributed by atoms with Crippen LogP contribution >= 0.6 is 0 Å². The number of nitrogens with zero attached hydrogens (tertiary/aromatic N) is 1. The van der Waals surface area contributed by atoms with Crippen molar-refractivity contribution in [3.63, 3.8) is 0 Å². The first-order chi connectivity index (χ1) is 7.81. The number of piperidine rings is 1. The van der Waals surface area contributed by atoms with Crippen molar-refractivity contribution in [2.24, 2.45) is 5.92 Å². The van der Waals surface area contributed by atoms with E-state index in [0.717, 1.165) is 31.7 Å². The van der Waals surface area contributed by atoms with Crippen LogP contribution in [0.3, 0.4) is 0 Å². The van der Waals surface area contributed by atoms with Crippen LogP contribution in [0.2, 0.25) is 0 Å². The maximum Gasteiger partial charge on any atom is 0.137 e.